The van der Waals surface area contributed by atoms with E-state index < -0.39 is 6.10 Å². The van der Waals surface area contributed by atoms with Crippen molar-refractivity contribution >= 4 is 17.2 Å². The van der Waals surface area contributed by atoms with Crippen molar-refractivity contribution in [1.29, 1.82) is 0 Å². The maximum Gasteiger partial charge on any atom is 0.263 e. The number of hydrogen-bond donors (Lipinski definition) is 2. The quantitative estimate of drug-likeness (QED) is 0.833. The molecule has 5 nitrogen and oxygen atoms in total. The average Bonchev–Trinajstić information content (AvgIpc) is 3.16. The number of aliphatic hydroxyl groups excluding tert-OH is 1. The maximum absolute atomic E-state index is 12.2. The molecule has 1 saturated carbocycles. The number of hydrogen-bond acceptors (Lipinski definition) is 5. The van der Waals surface area contributed by atoms with E-state index in [-0.39, 0.29) is 18.0 Å². The first kappa shape index (κ1) is 14.9. The van der Waals surface area contributed by atoms with E-state index in [1.807, 2.05) is 0 Å². The second kappa shape index (κ2) is 6.85. The minimum Gasteiger partial charge on any atom is -0.389 e. The number of carbonyl (C=O) groups is 1. The summed E-state index contributed by atoms with van der Waals surface area (Å²) in [5.74, 6) is -0.108. The number of aliphatic hydroxyl groups is 1. The molecule has 3 atom stereocenters. The second-order valence-electron chi connectivity index (χ2n) is 6.03. The molecular weight excluding hydrogens is 286 g/mol. The Hall–Kier alpha value is -0.980. The molecule has 21 heavy (non-hydrogen) atoms. The molecule has 1 aromatic rings. The second-order valence-corrected chi connectivity index (χ2v) is 6.92. The Labute approximate surface area is 129 Å². The number of carbonyl (C=O) groups excluding carboxylic acids is 1. The van der Waals surface area contributed by atoms with Crippen LogP contribution in [-0.4, -0.2) is 52.2 Å². The van der Waals surface area contributed by atoms with Gasteiger partial charge in [0.15, 0.2) is 0 Å². The smallest absolute Gasteiger partial charge is 0.263 e. The van der Waals surface area contributed by atoms with Crippen LogP contribution in [0.3, 0.4) is 0 Å². The maximum atomic E-state index is 12.2. The summed E-state index contributed by atoms with van der Waals surface area (Å²) in [7, 11) is 0. The first-order valence-corrected chi connectivity index (χ1v) is 8.75. The van der Waals surface area contributed by atoms with Crippen molar-refractivity contribution in [1.82, 2.24) is 15.2 Å². The minimum absolute atomic E-state index is 0.108. The summed E-state index contributed by atoms with van der Waals surface area (Å²) < 4.78 is 0. The lowest BCUT2D eigenvalue weighted by Gasteiger charge is -2.34. The van der Waals surface area contributed by atoms with Gasteiger partial charge < -0.3 is 10.4 Å². The predicted molar refractivity (Wildman–Crippen MR) is 82.4 cm³/mol. The molecule has 116 valence electrons. The molecular formula is C15H23N3O2S. The first-order chi connectivity index (χ1) is 10.3. The lowest BCUT2D eigenvalue weighted by Crippen LogP contribution is -2.52. The first-order valence-electron chi connectivity index (χ1n) is 7.87. The highest BCUT2D eigenvalue weighted by Crippen LogP contribution is 2.26. The molecule has 1 saturated heterocycles. The zero-order chi connectivity index (χ0) is 14.7. The molecule has 0 spiro atoms. The topological polar surface area (TPSA) is 65.5 Å². The number of nitrogens with one attached hydrogen (secondary N) is 1. The Balaban J connectivity index is 1.66. The number of aromatic nitrogens is 1. The normalized spacial score (nSPS) is 31.0. The van der Waals surface area contributed by atoms with Crippen LogP contribution in [0.15, 0.2) is 11.7 Å². The van der Waals surface area contributed by atoms with Crippen LogP contribution in [0, 0.1) is 0 Å². The molecule has 1 aliphatic heterocycles. The van der Waals surface area contributed by atoms with Crippen molar-refractivity contribution in [3.63, 3.8) is 0 Å². The minimum atomic E-state index is -0.470. The summed E-state index contributed by atoms with van der Waals surface area (Å²) in [6.07, 6.45) is 7.65. The molecule has 0 aromatic carbocycles. The van der Waals surface area contributed by atoms with Gasteiger partial charge in [-0.05, 0) is 38.8 Å². The highest BCUT2D eigenvalue weighted by atomic mass is 32.1. The van der Waals surface area contributed by atoms with Gasteiger partial charge in [0.05, 0.1) is 23.9 Å². The molecule has 2 heterocycles. The molecule has 0 bridgehead atoms. The van der Waals surface area contributed by atoms with E-state index in [9.17, 15) is 9.90 Å². The summed E-state index contributed by atoms with van der Waals surface area (Å²) in [5, 5.41) is 13.8. The summed E-state index contributed by atoms with van der Waals surface area (Å²) in [6.45, 7) is 2.16. The highest BCUT2D eigenvalue weighted by molar-refractivity contribution is 7.11. The van der Waals surface area contributed by atoms with E-state index in [1.54, 1.807) is 11.7 Å². The third-order valence-electron chi connectivity index (χ3n) is 4.65. The summed E-state index contributed by atoms with van der Waals surface area (Å²) in [5.41, 5.74) is 1.66. The summed E-state index contributed by atoms with van der Waals surface area (Å²) in [6, 6.07) is 0.0504. The zero-order valence-electron chi connectivity index (χ0n) is 12.2. The lowest BCUT2D eigenvalue weighted by molar-refractivity contribution is 0.0338. The van der Waals surface area contributed by atoms with Gasteiger partial charge in [0, 0.05) is 6.04 Å². The molecule has 1 amide bonds. The molecule has 6 heteroatoms. The molecule has 2 N–H and O–H groups in total. The van der Waals surface area contributed by atoms with Crippen molar-refractivity contribution in [2.45, 2.75) is 56.7 Å². The summed E-state index contributed by atoms with van der Waals surface area (Å²) in [4.78, 5) is 19.2. The van der Waals surface area contributed by atoms with Gasteiger partial charge in [0.2, 0.25) is 0 Å². The van der Waals surface area contributed by atoms with Gasteiger partial charge in [0.1, 0.15) is 4.88 Å². The van der Waals surface area contributed by atoms with Gasteiger partial charge in [-0.15, -0.1) is 11.3 Å². The Kier molecular flexibility index (Phi) is 4.87. The van der Waals surface area contributed by atoms with Crippen LogP contribution >= 0.6 is 11.3 Å². The molecule has 1 aromatic heterocycles. The SMILES string of the molecule is O=C(N[C@@H]1CCCC[C@@H](N2CCCC2)[C@@H]1O)c1cncs1. The van der Waals surface area contributed by atoms with E-state index in [4.69, 9.17) is 0 Å². The highest BCUT2D eigenvalue weighted by Gasteiger charge is 2.35. The average molecular weight is 309 g/mol. The van der Waals surface area contributed by atoms with Crippen LogP contribution in [0.5, 0.6) is 0 Å². The van der Waals surface area contributed by atoms with Crippen molar-refractivity contribution < 1.29 is 9.90 Å². The van der Waals surface area contributed by atoms with E-state index >= 15 is 0 Å². The van der Waals surface area contributed by atoms with Crippen molar-refractivity contribution in [2.24, 2.45) is 0 Å². The number of nitrogens with zero attached hydrogens (tertiary/aromatic N) is 2. The van der Waals surface area contributed by atoms with Crippen LogP contribution in [0.2, 0.25) is 0 Å². The van der Waals surface area contributed by atoms with E-state index in [0.29, 0.717) is 4.88 Å². The Morgan fingerprint density at radius 3 is 2.76 bits per heavy atom. The van der Waals surface area contributed by atoms with Gasteiger partial charge in [-0.25, -0.2) is 0 Å². The van der Waals surface area contributed by atoms with Crippen molar-refractivity contribution in [2.75, 3.05) is 13.1 Å². The Bertz CT molecular complexity index is 459. The van der Waals surface area contributed by atoms with Crippen LogP contribution < -0.4 is 5.32 Å². The monoisotopic (exact) mass is 309 g/mol. The Morgan fingerprint density at radius 2 is 2.05 bits per heavy atom. The number of rotatable bonds is 3. The summed E-state index contributed by atoms with van der Waals surface area (Å²) >= 11 is 1.34. The predicted octanol–water partition coefficient (Wildman–Crippen LogP) is 1.64. The van der Waals surface area contributed by atoms with E-state index in [0.717, 1.165) is 38.8 Å². The van der Waals surface area contributed by atoms with Crippen LogP contribution in [0.1, 0.15) is 48.2 Å². The van der Waals surface area contributed by atoms with Gasteiger partial charge in [-0.3, -0.25) is 14.7 Å². The van der Waals surface area contributed by atoms with Crippen LogP contribution in [0.4, 0.5) is 0 Å². The van der Waals surface area contributed by atoms with Crippen molar-refractivity contribution in [3.8, 4) is 0 Å². The van der Waals surface area contributed by atoms with E-state index in [2.05, 4.69) is 15.2 Å². The molecule has 2 aliphatic rings. The zero-order valence-corrected chi connectivity index (χ0v) is 13.0. The number of thiazole rings is 1. The molecule has 1 aliphatic carbocycles. The standard InChI is InChI=1S/C15H23N3O2S/c19-14-11(17-15(20)13-9-16-10-21-13)5-1-2-6-12(14)18-7-3-4-8-18/h9-12,14,19H,1-8H2,(H,17,20)/t11-,12-,14-/m1/s1. The van der Waals surface area contributed by atoms with E-state index in [1.165, 1.54) is 24.2 Å². The molecule has 2 fully saturated rings. The fourth-order valence-corrected chi connectivity index (χ4v) is 4.05. The fraction of sp³-hybridized carbons (Fsp3) is 0.733. The van der Waals surface area contributed by atoms with Crippen LogP contribution in [-0.2, 0) is 0 Å². The van der Waals surface area contributed by atoms with Crippen LogP contribution in [0.25, 0.3) is 0 Å². The number of likely N-dealkylation sites (tertiary alicyclic amines) is 1. The van der Waals surface area contributed by atoms with Gasteiger partial charge in [-0.1, -0.05) is 12.8 Å². The lowest BCUT2D eigenvalue weighted by atomic mass is 10.0. The van der Waals surface area contributed by atoms with Gasteiger partial charge in [-0.2, -0.15) is 0 Å². The van der Waals surface area contributed by atoms with Crippen molar-refractivity contribution in [3.05, 3.63) is 16.6 Å². The molecule has 0 unspecified atom stereocenters. The third-order valence-corrected chi connectivity index (χ3v) is 5.43. The Morgan fingerprint density at radius 1 is 1.29 bits per heavy atom. The number of amides is 1. The van der Waals surface area contributed by atoms with Gasteiger partial charge in [0.25, 0.3) is 5.91 Å². The fourth-order valence-electron chi connectivity index (χ4n) is 3.52. The molecule has 0 radical (unpaired) electrons. The largest absolute Gasteiger partial charge is 0.389 e. The third kappa shape index (κ3) is 3.44. The van der Waals surface area contributed by atoms with Gasteiger partial charge >= 0.3 is 0 Å². The molecule has 3 rings (SSSR count).